The Morgan fingerprint density at radius 3 is 2.69 bits per heavy atom. The van der Waals surface area contributed by atoms with Crippen LogP contribution in [-0.2, 0) is 17.8 Å². The van der Waals surface area contributed by atoms with Gasteiger partial charge in [-0.1, -0.05) is 0 Å². The van der Waals surface area contributed by atoms with Crippen molar-refractivity contribution < 1.29 is 4.74 Å². The van der Waals surface area contributed by atoms with E-state index < -0.39 is 0 Å². The predicted octanol–water partition coefficient (Wildman–Crippen LogP) is 0.464. The summed E-state index contributed by atoms with van der Waals surface area (Å²) < 4.78 is 7.15. The molecule has 0 aromatic carbocycles. The number of ether oxygens (including phenoxy) is 1. The summed E-state index contributed by atoms with van der Waals surface area (Å²) in [6.45, 7) is 5.21. The fraction of sp³-hybridized carbons (Fsp3) is 0.750. The molecule has 0 amide bonds. The topological polar surface area (TPSA) is 66.0 Å². The molecule has 0 fully saturated rings. The number of hydrogen-bond acceptors (Lipinski definition) is 4. The lowest BCUT2D eigenvalue weighted by Gasteiger charge is -2.10. The summed E-state index contributed by atoms with van der Waals surface area (Å²) in [6.07, 6.45) is -0.0345. The zero-order valence-electron chi connectivity index (χ0n) is 8.32. The van der Waals surface area contributed by atoms with Crippen LogP contribution in [0.5, 0.6) is 0 Å². The van der Waals surface area contributed by atoms with Crippen LogP contribution in [0.1, 0.15) is 31.6 Å². The van der Waals surface area contributed by atoms with Gasteiger partial charge in [0.05, 0.1) is 6.54 Å². The minimum absolute atomic E-state index is 0.0345. The Kier molecular flexibility index (Phi) is 3.39. The first-order chi connectivity index (χ1) is 6.24. The molecule has 0 saturated heterocycles. The number of rotatable bonds is 4. The molecule has 2 N–H and O–H groups in total. The van der Waals surface area contributed by atoms with E-state index in [1.807, 2.05) is 18.4 Å². The van der Waals surface area contributed by atoms with Gasteiger partial charge in [-0.05, 0) is 13.8 Å². The molecule has 0 spiro atoms. The highest BCUT2D eigenvalue weighted by atomic mass is 16.5. The Morgan fingerprint density at radius 2 is 2.23 bits per heavy atom. The number of nitrogens with two attached hydrogens (primary N) is 1. The lowest BCUT2D eigenvalue weighted by atomic mass is 10.3. The van der Waals surface area contributed by atoms with Crippen LogP contribution in [0.25, 0.3) is 0 Å². The van der Waals surface area contributed by atoms with Crippen molar-refractivity contribution >= 4 is 0 Å². The summed E-state index contributed by atoms with van der Waals surface area (Å²) in [5, 5.41) is 8.02. The molecule has 0 bridgehead atoms. The van der Waals surface area contributed by atoms with Gasteiger partial charge in [-0.2, -0.15) is 0 Å². The van der Waals surface area contributed by atoms with E-state index in [9.17, 15) is 0 Å². The third-order valence-corrected chi connectivity index (χ3v) is 2.07. The minimum Gasteiger partial charge on any atom is -0.374 e. The third kappa shape index (κ3) is 1.87. The van der Waals surface area contributed by atoms with Gasteiger partial charge < -0.3 is 15.0 Å². The average molecular weight is 184 g/mol. The van der Waals surface area contributed by atoms with E-state index in [0.29, 0.717) is 6.54 Å². The molecular weight excluding hydrogens is 168 g/mol. The molecule has 1 aromatic rings. The molecule has 0 radical (unpaired) electrons. The average Bonchev–Trinajstić information content (AvgIpc) is 2.58. The molecule has 0 aliphatic rings. The van der Waals surface area contributed by atoms with Crippen molar-refractivity contribution in [3.8, 4) is 0 Å². The first kappa shape index (κ1) is 10.1. The van der Waals surface area contributed by atoms with Gasteiger partial charge in [0.2, 0.25) is 0 Å². The molecule has 1 unspecified atom stereocenters. The fourth-order valence-electron chi connectivity index (χ4n) is 1.25. The summed E-state index contributed by atoms with van der Waals surface area (Å²) in [4.78, 5) is 0. The molecule has 74 valence electrons. The van der Waals surface area contributed by atoms with Gasteiger partial charge in [0.15, 0.2) is 5.82 Å². The molecule has 1 rings (SSSR count). The molecule has 0 aliphatic carbocycles. The molecule has 1 aromatic heterocycles. The predicted molar refractivity (Wildman–Crippen MR) is 49.0 cm³/mol. The van der Waals surface area contributed by atoms with Crippen molar-refractivity contribution in [2.75, 3.05) is 7.11 Å². The van der Waals surface area contributed by atoms with Gasteiger partial charge >= 0.3 is 0 Å². The maximum Gasteiger partial charge on any atom is 0.161 e. The summed E-state index contributed by atoms with van der Waals surface area (Å²) in [6, 6.07) is 0. The fourth-order valence-corrected chi connectivity index (χ4v) is 1.25. The molecule has 0 saturated carbocycles. The minimum atomic E-state index is -0.0345. The normalized spacial score (nSPS) is 13.2. The third-order valence-electron chi connectivity index (χ3n) is 2.07. The second-order valence-corrected chi connectivity index (χ2v) is 2.80. The largest absolute Gasteiger partial charge is 0.374 e. The molecular formula is C8H16N4O. The van der Waals surface area contributed by atoms with Crippen LogP contribution in [0.15, 0.2) is 0 Å². The lowest BCUT2D eigenvalue weighted by molar-refractivity contribution is 0.108. The van der Waals surface area contributed by atoms with E-state index in [2.05, 4.69) is 10.2 Å². The number of nitrogens with zero attached hydrogens (tertiary/aromatic N) is 3. The zero-order chi connectivity index (χ0) is 9.84. The van der Waals surface area contributed by atoms with E-state index >= 15 is 0 Å². The molecule has 0 aliphatic heterocycles. The summed E-state index contributed by atoms with van der Waals surface area (Å²) in [5.41, 5.74) is 5.52. The van der Waals surface area contributed by atoms with Crippen LogP contribution < -0.4 is 5.73 Å². The summed E-state index contributed by atoms with van der Waals surface area (Å²) >= 11 is 0. The van der Waals surface area contributed by atoms with Crippen LogP contribution in [-0.4, -0.2) is 21.9 Å². The second kappa shape index (κ2) is 4.34. The number of methoxy groups -OCH3 is 1. The van der Waals surface area contributed by atoms with Gasteiger partial charge in [-0.3, -0.25) is 0 Å². The molecule has 5 nitrogen and oxygen atoms in total. The Morgan fingerprint density at radius 1 is 1.54 bits per heavy atom. The zero-order valence-corrected chi connectivity index (χ0v) is 8.32. The second-order valence-electron chi connectivity index (χ2n) is 2.80. The van der Waals surface area contributed by atoms with Gasteiger partial charge in [0.1, 0.15) is 11.9 Å². The van der Waals surface area contributed by atoms with Crippen molar-refractivity contribution in [3.05, 3.63) is 11.6 Å². The van der Waals surface area contributed by atoms with Crippen LogP contribution in [0.4, 0.5) is 0 Å². The van der Waals surface area contributed by atoms with E-state index in [1.165, 1.54) is 0 Å². The van der Waals surface area contributed by atoms with Gasteiger partial charge in [0, 0.05) is 13.7 Å². The van der Waals surface area contributed by atoms with Crippen molar-refractivity contribution in [3.63, 3.8) is 0 Å². The first-order valence-electron chi connectivity index (χ1n) is 4.39. The maximum atomic E-state index is 5.52. The molecule has 1 atom stereocenters. The summed E-state index contributed by atoms with van der Waals surface area (Å²) in [7, 11) is 1.65. The molecule has 13 heavy (non-hydrogen) atoms. The Bertz CT molecular complexity index is 271. The van der Waals surface area contributed by atoms with E-state index in [1.54, 1.807) is 7.11 Å². The van der Waals surface area contributed by atoms with Crippen molar-refractivity contribution in [1.29, 1.82) is 0 Å². The SMILES string of the molecule is CCn1c(CN)nnc1C(C)OC. The standard InChI is InChI=1S/C8H16N4O/c1-4-12-7(5-9)10-11-8(12)6(2)13-3/h6H,4-5,9H2,1-3H3. The quantitative estimate of drug-likeness (QED) is 0.738. The monoisotopic (exact) mass is 184 g/mol. The van der Waals surface area contributed by atoms with Crippen LogP contribution in [0.2, 0.25) is 0 Å². The summed E-state index contributed by atoms with van der Waals surface area (Å²) in [5.74, 6) is 1.65. The van der Waals surface area contributed by atoms with Crippen LogP contribution in [0.3, 0.4) is 0 Å². The molecule has 5 heteroatoms. The highest BCUT2D eigenvalue weighted by Gasteiger charge is 2.14. The maximum absolute atomic E-state index is 5.52. The Balaban J connectivity index is 3.00. The van der Waals surface area contributed by atoms with Gasteiger partial charge in [-0.25, -0.2) is 0 Å². The Labute approximate surface area is 77.9 Å². The van der Waals surface area contributed by atoms with Crippen molar-refractivity contribution in [2.24, 2.45) is 5.73 Å². The highest BCUT2D eigenvalue weighted by Crippen LogP contribution is 2.14. The van der Waals surface area contributed by atoms with E-state index in [4.69, 9.17) is 10.5 Å². The van der Waals surface area contributed by atoms with Crippen molar-refractivity contribution in [2.45, 2.75) is 33.0 Å². The lowest BCUT2D eigenvalue weighted by Crippen LogP contribution is -2.12. The number of aromatic nitrogens is 3. The van der Waals surface area contributed by atoms with E-state index in [-0.39, 0.29) is 6.10 Å². The van der Waals surface area contributed by atoms with Crippen LogP contribution in [0, 0.1) is 0 Å². The number of hydrogen-bond donors (Lipinski definition) is 1. The van der Waals surface area contributed by atoms with Gasteiger partial charge in [0.25, 0.3) is 0 Å². The van der Waals surface area contributed by atoms with Crippen molar-refractivity contribution in [1.82, 2.24) is 14.8 Å². The molecule has 1 heterocycles. The van der Waals surface area contributed by atoms with Gasteiger partial charge in [-0.15, -0.1) is 10.2 Å². The Hall–Kier alpha value is -0.940. The van der Waals surface area contributed by atoms with Crippen LogP contribution >= 0.6 is 0 Å². The smallest absolute Gasteiger partial charge is 0.161 e. The highest BCUT2D eigenvalue weighted by molar-refractivity contribution is 4.98. The first-order valence-corrected chi connectivity index (χ1v) is 4.39. The van der Waals surface area contributed by atoms with E-state index in [0.717, 1.165) is 18.2 Å².